The summed E-state index contributed by atoms with van der Waals surface area (Å²) in [5, 5.41) is 14.1. The van der Waals surface area contributed by atoms with Gasteiger partial charge in [0.15, 0.2) is 11.3 Å². The second-order valence-electron chi connectivity index (χ2n) is 9.72. The molecule has 12 heteroatoms. The number of nitrogens with zero attached hydrogens (tertiary/aromatic N) is 5. The van der Waals surface area contributed by atoms with E-state index in [1.807, 2.05) is 24.3 Å². The summed E-state index contributed by atoms with van der Waals surface area (Å²) in [7, 11) is 3.07. The second-order valence-corrected chi connectivity index (χ2v) is 9.72. The summed E-state index contributed by atoms with van der Waals surface area (Å²) in [6.07, 6.45) is -3.59. The van der Waals surface area contributed by atoms with Crippen LogP contribution in [0.1, 0.15) is 33.2 Å². The second kappa shape index (κ2) is 11.4. The van der Waals surface area contributed by atoms with Gasteiger partial charge in [0.1, 0.15) is 17.1 Å². The van der Waals surface area contributed by atoms with Crippen LogP contribution in [-0.4, -0.2) is 82.4 Å². The van der Waals surface area contributed by atoms with Crippen LogP contribution in [0.3, 0.4) is 0 Å². The van der Waals surface area contributed by atoms with Crippen LogP contribution in [0.25, 0.3) is 16.9 Å². The predicted octanol–water partition coefficient (Wildman–Crippen LogP) is 4.23. The highest BCUT2D eigenvalue weighted by molar-refractivity contribution is 6.00. The largest absolute Gasteiger partial charge is 0.497 e. The molecular formula is C29H30F3N5O4. The van der Waals surface area contributed by atoms with Crippen molar-refractivity contribution in [3.8, 4) is 22.8 Å². The monoisotopic (exact) mass is 569 g/mol. The number of carbonyl (C=O) groups is 1. The van der Waals surface area contributed by atoms with Gasteiger partial charge in [-0.05, 0) is 37.3 Å². The number of para-hydroxylation sites is 1. The van der Waals surface area contributed by atoms with E-state index >= 15 is 0 Å². The molecule has 0 unspecified atom stereocenters. The minimum Gasteiger partial charge on any atom is -0.497 e. The van der Waals surface area contributed by atoms with Crippen LogP contribution in [0, 0.1) is 6.92 Å². The average Bonchev–Trinajstić information content (AvgIpc) is 3.40. The van der Waals surface area contributed by atoms with E-state index < -0.39 is 17.8 Å². The maximum atomic E-state index is 14.3. The number of halogens is 3. The summed E-state index contributed by atoms with van der Waals surface area (Å²) in [5.74, 6) is 0.755. The van der Waals surface area contributed by atoms with Crippen molar-refractivity contribution in [1.29, 1.82) is 0 Å². The number of hydrogen-bond acceptors (Lipinski definition) is 7. The summed E-state index contributed by atoms with van der Waals surface area (Å²) < 4.78 is 54.1. The predicted molar refractivity (Wildman–Crippen MR) is 145 cm³/mol. The summed E-state index contributed by atoms with van der Waals surface area (Å²) in [6.45, 7) is 2.73. The van der Waals surface area contributed by atoms with Gasteiger partial charge in [0.2, 0.25) is 0 Å². The van der Waals surface area contributed by atoms with Gasteiger partial charge in [0.25, 0.3) is 5.91 Å². The molecule has 1 aliphatic heterocycles. The third-order valence-corrected chi connectivity index (χ3v) is 7.46. The zero-order chi connectivity index (χ0) is 29.3. The van der Waals surface area contributed by atoms with Crippen LogP contribution in [0.2, 0.25) is 0 Å². The zero-order valence-electron chi connectivity index (χ0n) is 22.9. The molecular weight excluding hydrogens is 539 g/mol. The van der Waals surface area contributed by atoms with E-state index in [1.165, 1.54) is 14.0 Å². The van der Waals surface area contributed by atoms with Gasteiger partial charge in [0, 0.05) is 42.9 Å². The third-order valence-electron chi connectivity index (χ3n) is 7.46. The molecule has 1 atom stereocenters. The highest BCUT2D eigenvalue weighted by Gasteiger charge is 2.39. The van der Waals surface area contributed by atoms with E-state index in [0.717, 1.165) is 11.8 Å². The Balaban J connectivity index is 1.45. The fourth-order valence-electron chi connectivity index (χ4n) is 5.35. The molecule has 2 aromatic carbocycles. The van der Waals surface area contributed by atoms with Crippen molar-refractivity contribution < 1.29 is 32.5 Å². The SMILES string of the molecule is COc1ccc(-c2nc3c(C(=O)N4CCN([C@@H](CO)c5ccccc5OC)CC4)cnn3c(C(F)(F)F)c2C)cc1. The fraction of sp³-hybridized carbons (Fsp3) is 0.345. The van der Waals surface area contributed by atoms with Crippen LogP contribution in [-0.2, 0) is 6.18 Å². The number of aliphatic hydroxyl groups is 1. The number of carbonyl (C=O) groups excluding carboxylic acids is 1. The number of rotatable bonds is 7. The van der Waals surface area contributed by atoms with Gasteiger partial charge in [-0.3, -0.25) is 9.69 Å². The van der Waals surface area contributed by atoms with Crippen molar-refractivity contribution in [2.45, 2.75) is 19.1 Å². The van der Waals surface area contributed by atoms with Crippen LogP contribution in [0.15, 0.2) is 54.7 Å². The molecule has 1 N–H and O–H groups in total. The normalized spacial score (nSPS) is 15.2. The number of hydrogen-bond donors (Lipinski definition) is 1. The van der Waals surface area contributed by atoms with Crippen molar-refractivity contribution in [2.24, 2.45) is 0 Å². The molecule has 41 heavy (non-hydrogen) atoms. The van der Waals surface area contributed by atoms with E-state index in [4.69, 9.17) is 9.47 Å². The summed E-state index contributed by atoms with van der Waals surface area (Å²) in [6, 6.07) is 13.6. The Morgan fingerprint density at radius 3 is 2.32 bits per heavy atom. The lowest BCUT2D eigenvalue weighted by molar-refractivity contribution is -0.143. The first-order valence-electron chi connectivity index (χ1n) is 13.0. The molecule has 5 rings (SSSR count). The van der Waals surface area contributed by atoms with E-state index in [1.54, 1.807) is 36.3 Å². The Kier molecular flexibility index (Phi) is 7.87. The van der Waals surface area contributed by atoms with Gasteiger partial charge in [-0.15, -0.1) is 0 Å². The number of aliphatic hydroxyl groups excluding tert-OH is 1. The third kappa shape index (κ3) is 5.32. The van der Waals surface area contributed by atoms with Crippen LogP contribution < -0.4 is 9.47 Å². The van der Waals surface area contributed by atoms with Crippen molar-refractivity contribution >= 4 is 11.6 Å². The van der Waals surface area contributed by atoms with Crippen molar-refractivity contribution in [3.05, 3.63) is 77.1 Å². The number of amides is 1. The molecule has 9 nitrogen and oxygen atoms in total. The highest BCUT2D eigenvalue weighted by Crippen LogP contribution is 2.37. The van der Waals surface area contributed by atoms with Gasteiger partial charge < -0.3 is 19.5 Å². The molecule has 4 aromatic rings. The van der Waals surface area contributed by atoms with Gasteiger partial charge in [0.05, 0.1) is 38.8 Å². The first-order valence-corrected chi connectivity index (χ1v) is 13.0. The molecule has 0 bridgehead atoms. The summed E-state index contributed by atoms with van der Waals surface area (Å²) in [4.78, 5) is 21.8. The van der Waals surface area contributed by atoms with E-state index in [9.17, 15) is 23.1 Å². The minimum absolute atomic E-state index is 0.0119. The van der Waals surface area contributed by atoms with E-state index in [0.29, 0.717) is 47.8 Å². The minimum atomic E-state index is -4.73. The lowest BCUT2D eigenvalue weighted by Crippen LogP contribution is -2.50. The molecule has 1 fully saturated rings. The van der Waals surface area contributed by atoms with E-state index in [2.05, 4.69) is 15.0 Å². The molecule has 1 aliphatic rings. The van der Waals surface area contributed by atoms with Crippen molar-refractivity contribution in [2.75, 3.05) is 47.0 Å². The topological polar surface area (TPSA) is 92.4 Å². The molecule has 0 radical (unpaired) electrons. The van der Waals surface area contributed by atoms with E-state index in [-0.39, 0.29) is 35.1 Å². The fourth-order valence-corrected chi connectivity index (χ4v) is 5.35. The standard InChI is InChI=1S/C29H30F3N5O4/c1-18-25(19-8-10-20(40-2)11-9-19)34-27-22(16-33-37(27)26(18)29(30,31)32)28(39)36-14-12-35(13-15-36)23(17-38)21-6-4-5-7-24(21)41-3/h4-11,16,23,38H,12-15,17H2,1-3H3/t23-/m0/s1. The Hall–Kier alpha value is -4.16. The maximum Gasteiger partial charge on any atom is 0.433 e. The molecule has 2 aromatic heterocycles. The first-order chi connectivity index (χ1) is 19.7. The van der Waals surface area contributed by atoms with Gasteiger partial charge in [-0.2, -0.15) is 18.3 Å². The van der Waals surface area contributed by atoms with Crippen LogP contribution in [0.4, 0.5) is 13.2 Å². The first kappa shape index (κ1) is 28.4. The van der Waals surface area contributed by atoms with Gasteiger partial charge >= 0.3 is 6.18 Å². The molecule has 0 aliphatic carbocycles. The Labute approximate surface area is 234 Å². The average molecular weight is 570 g/mol. The molecule has 3 heterocycles. The number of aromatic nitrogens is 3. The number of fused-ring (bicyclic) bond motifs is 1. The Morgan fingerprint density at radius 2 is 1.71 bits per heavy atom. The quantitative estimate of drug-likeness (QED) is 0.356. The molecule has 1 amide bonds. The lowest BCUT2D eigenvalue weighted by Gasteiger charge is -2.39. The highest BCUT2D eigenvalue weighted by atomic mass is 19.4. The lowest BCUT2D eigenvalue weighted by atomic mass is 10.0. The summed E-state index contributed by atoms with van der Waals surface area (Å²) in [5.41, 5.74) is 0.137. The number of piperazine rings is 1. The number of methoxy groups -OCH3 is 2. The zero-order valence-corrected chi connectivity index (χ0v) is 22.9. The van der Waals surface area contributed by atoms with Gasteiger partial charge in [-0.1, -0.05) is 18.2 Å². The molecule has 0 saturated carbocycles. The Bertz CT molecular complexity index is 1550. The molecule has 216 valence electrons. The molecule has 0 spiro atoms. The maximum absolute atomic E-state index is 14.3. The van der Waals surface area contributed by atoms with Crippen LogP contribution >= 0.6 is 0 Å². The number of benzene rings is 2. The summed E-state index contributed by atoms with van der Waals surface area (Å²) >= 11 is 0. The van der Waals surface area contributed by atoms with Crippen molar-refractivity contribution in [3.63, 3.8) is 0 Å². The van der Waals surface area contributed by atoms with Crippen molar-refractivity contribution in [1.82, 2.24) is 24.4 Å². The number of ether oxygens (including phenoxy) is 2. The van der Waals surface area contributed by atoms with Gasteiger partial charge in [-0.25, -0.2) is 9.50 Å². The number of alkyl halides is 3. The molecule has 1 saturated heterocycles. The smallest absolute Gasteiger partial charge is 0.433 e. The van der Waals surface area contributed by atoms with Crippen LogP contribution in [0.5, 0.6) is 11.5 Å². The Morgan fingerprint density at radius 1 is 1.02 bits per heavy atom.